The van der Waals surface area contributed by atoms with E-state index in [-0.39, 0.29) is 18.6 Å². The SMILES string of the molecule is CC1(C)OC(=O)C=CC2(C)C1CC(=O)C1(C)C2CCC(C)(C(OC2OC(CO)C(O)C(O)C2O)c2ccoc2)C12OC2C(=O)O. The quantitative estimate of drug-likeness (QED) is 0.221. The van der Waals surface area contributed by atoms with E-state index in [0.717, 1.165) is 0 Å². The van der Waals surface area contributed by atoms with Crippen LogP contribution in [0.1, 0.15) is 65.5 Å². The Morgan fingerprint density at radius 2 is 1.78 bits per heavy atom. The fourth-order valence-corrected chi connectivity index (χ4v) is 9.67. The van der Waals surface area contributed by atoms with Gasteiger partial charge in [0.2, 0.25) is 0 Å². The number of aliphatic hydroxyl groups excluding tert-OH is 4. The second-order valence-corrected chi connectivity index (χ2v) is 14.5. The van der Waals surface area contributed by atoms with Gasteiger partial charge in [-0.15, -0.1) is 0 Å². The molecule has 2 saturated heterocycles. The summed E-state index contributed by atoms with van der Waals surface area (Å²) in [4.78, 5) is 40.0. The molecule has 2 aliphatic carbocycles. The topological polar surface area (TPSA) is 206 Å². The third-order valence-corrected chi connectivity index (χ3v) is 11.9. The number of esters is 1. The smallest absolute Gasteiger partial charge is 0.335 e. The Kier molecular flexibility index (Phi) is 7.48. The number of cyclic esters (lactones) is 1. The van der Waals surface area contributed by atoms with E-state index in [1.165, 1.54) is 18.6 Å². The molecule has 0 bridgehead atoms. The summed E-state index contributed by atoms with van der Waals surface area (Å²) in [5, 5.41) is 51.9. The van der Waals surface area contributed by atoms with E-state index >= 15 is 0 Å². The highest BCUT2D eigenvalue weighted by molar-refractivity contribution is 5.92. The number of allylic oxidation sites excluding steroid dienone is 1. The lowest BCUT2D eigenvalue weighted by atomic mass is 9.38. The zero-order chi connectivity index (χ0) is 32.9. The summed E-state index contributed by atoms with van der Waals surface area (Å²) in [7, 11) is 0. The van der Waals surface area contributed by atoms with Crippen LogP contribution in [0.25, 0.3) is 0 Å². The molecule has 0 aromatic carbocycles. The van der Waals surface area contributed by atoms with Gasteiger partial charge in [-0.25, -0.2) is 9.59 Å². The highest BCUT2D eigenvalue weighted by Crippen LogP contribution is 2.77. The highest BCUT2D eigenvalue weighted by Gasteiger charge is 2.86. The van der Waals surface area contributed by atoms with E-state index in [2.05, 4.69) is 0 Å². The number of hydrogen-bond acceptors (Lipinski definition) is 12. The predicted molar refractivity (Wildman–Crippen MR) is 151 cm³/mol. The van der Waals surface area contributed by atoms with Crippen LogP contribution in [0.15, 0.2) is 35.2 Å². The van der Waals surface area contributed by atoms with Crippen molar-refractivity contribution < 1.29 is 63.3 Å². The fraction of sp³-hybridized carbons (Fsp3) is 0.719. The molecule has 13 atom stereocenters. The molecule has 1 aromatic heterocycles. The number of epoxide rings is 1. The number of furan rings is 1. The molecule has 4 heterocycles. The van der Waals surface area contributed by atoms with Gasteiger partial charge in [0.1, 0.15) is 41.4 Å². The number of ketones is 1. The third kappa shape index (κ3) is 4.28. The number of aliphatic hydroxyl groups is 4. The number of carbonyl (C=O) groups excluding carboxylic acids is 2. The van der Waals surface area contributed by atoms with Crippen molar-refractivity contribution in [2.24, 2.45) is 28.1 Å². The second-order valence-electron chi connectivity index (χ2n) is 14.5. The van der Waals surface area contributed by atoms with Crippen LogP contribution in [0.3, 0.4) is 0 Å². The molecule has 2 saturated carbocycles. The summed E-state index contributed by atoms with van der Waals surface area (Å²) in [6.07, 6.45) is -3.67. The van der Waals surface area contributed by atoms with Crippen LogP contribution in [0.2, 0.25) is 0 Å². The molecule has 13 heteroatoms. The van der Waals surface area contributed by atoms with Gasteiger partial charge < -0.3 is 48.9 Å². The van der Waals surface area contributed by atoms with Crippen molar-refractivity contribution >= 4 is 17.7 Å². The van der Waals surface area contributed by atoms with Crippen LogP contribution in [-0.4, -0.2) is 97.9 Å². The average Bonchev–Trinajstić information content (AvgIpc) is 3.56. The minimum Gasteiger partial charge on any atom is -0.479 e. The lowest BCUT2D eigenvalue weighted by Crippen LogP contribution is -2.70. The van der Waals surface area contributed by atoms with Crippen molar-refractivity contribution in [3.63, 3.8) is 0 Å². The Morgan fingerprint density at radius 3 is 2.38 bits per heavy atom. The Labute approximate surface area is 260 Å². The Bertz CT molecular complexity index is 1390. The number of carbonyl (C=O) groups is 3. The minimum absolute atomic E-state index is 0.00555. The van der Waals surface area contributed by atoms with Crippen LogP contribution in [0.4, 0.5) is 0 Å². The van der Waals surface area contributed by atoms with Gasteiger partial charge in [-0.05, 0) is 51.0 Å². The Balaban J connectivity index is 1.48. The number of hydrogen-bond donors (Lipinski definition) is 5. The van der Waals surface area contributed by atoms with Crippen molar-refractivity contribution in [1.82, 2.24) is 0 Å². The first-order chi connectivity index (χ1) is 21.0. The van der Waals surface area contributed by atoms with Crippen molar-refractivity contribution in [1.29, 1.82) is 0 Å². The summed E-state index contributed by atoms with van der Waals surface area (Å²) < 4.78 is 29.5. The number of aliphatic carboxylic acids is 1. The standard InChI is InChI=1S/C32H42O13/c1-28(2)18-12-19(34)31(5)17(29(18,3)9-7-20(35)44-28)6-10-30(4,32(31)25(45-32)26(39)40)24(15-8-11-41-14-15)43-27-23(38)22(37)21(36)16(13-33)42-27/h7-9,11,14,16-18,21-25,27,33,36-38H,6,10,12-13H2,1-5H3,(H,39,40). The second kappa shape index (κ2) is 10.4. The number of carboxylic acids is 1. The monoisotopic (exact) mass is 634 g/mol. The zero-order valence-corrected chi connectivity index (χ0v) is 25.9. The Morgan fingerprint density at radius 1 is 1.07 bits per heavy atom. The van der Waals surface area contributed by atoms with Crippen LogP contribution in [0.5, 0.6) is 0 Å². The molecular weight excluding hydrogens is 592 g/mol. The molecule has 5 N–H and O–H groups in total. The number of carboxylic acid groups (broad SMARTS) is 1. The Hall–Kier alpha value is -2.65. The minimum atomic E-state index is -1.73. The van der Waals surface area contributed by atoms with E-state index in [9.17, 15) is 39.9 Å². The van der Waals surface area contributed by atoms with Gasteiger partial charge in [-0.3, -0.25) is 4.79 Å². The molecule has 0 amide bonds. The van der Waals surface area contributed by atoms with E-state index in [0.29, 0.717) is 12.0 Å². The number of Topliss-reactive ketones (excluding diaryl/α,β-unsaturated/α-hetero) is 1. The van der Waals surface area contributed by atoms with Crippen molar-refractivity contribution in [2.45, 2.75) is 108 Å². The summed E-state index contributed by atoms with van der Waals surface area (Å²) >= 11 is 0. The van der Waals surface area contributed by atoms with Crippen molar-refractivity contribution in [3.05, 3.63) is 36.3 Å². The molecule has 4 fully saturated rings. The van der Waals surface area contributed by atoms with Crippen LogP contribution in [0, 0.1) is 28.1 Å². The zero-order valence-electron chi connectivity index (χ0n) is 25.9. The maximum Gasteiger partial charge on any atom is 0.335 e. The van der Waals surface area contributed by atoms with E-state index in [1.54, 1.807) is 39.8 Å². The van der Waals surface area contributed by atoms with Gasteiger partial charge in [-0.2, -0.15) is 0 Å². The lowest BCUT2D eigenvalue weighted by Gasteiger charge is -2.64. The highest BCUT2D eigenvalue weighted by atomic mass is 16.7. The third-order valence-electron chi connectivity index (χ3n) is 11.9. The van der Waals surface area contributed by atoms with E-state index in [4.69, 9.17) is 23.4 Å². The summed E-state index contributed by atoms with van der Waals surface area (Å²) in [5.74, 6) is -2.84. The maximum absolute atomic E-state index is 14.6. The number of fused-ring (bicyclic) bond motifs is 4. The molecule has 13 unspecified atom stereocenters. The first kappa shape index (κ1) is 32.3. The molecule has 0 radical (unpaired) electrons. The fourth-order valence-electron chi connectivity index (χ4n) is 9.67. The molecule has 248 valence electrons. The van der Waals surface area contributed by atoms with Gasteiger partial charge in [0, 0.05) is 29.4 Å². The summed E-state index contributed by atoms with van der Waals surface area (Å²) in [6.45, 7) is 8.42. The summed E-state index contributed by atoms with van der Waals surface area (Å²) in [6, 6.07) is 1.61. The molecule has 13 nitrogen and oxygen atoms in total. The molecule has 1 spiro atoms. The van der Waals surface area contributed by atoms with Crippen LogP contribution >= 0.6 is 0 Å². The molecule has 6 rings (SSSR count). The van der Waals surface area contributed by atoms with Gasteiger partial charge in [0.25, 0.3) is 0 Å². The first-order valence-corrected chi connectivity index (χ1v) is 15.3. The molecule has 5 aliphatic rings. The van der Waals surface area contributed by atoms with Gasteiger partial charge in [-0.1, -0.05) is 19.9 Å². The first-order valence-electron chi connectivity index (χ1n) is 15.3. The molecule has 3 aliphatic heterocycles. The number of rotatable bonds is 6. The molecule has 45 heavy (non-hydrogen) atoms. The number of ether oxygens (including phenoxy) is 4. The normalized spacial score (nSPS) is 47.8. The maximum atomic E-state index is 14.6. The van der Waals surface area contributed by atoms with Gasteiger partial charge in [0.05, 0.1) is 30.7 Å². The predicted octanol–water partition coefficient (Wildman–Crippen LogP) is 1.27. The largest absolute Gasteiger partial charge is 0.479 e. The van der Waals surface area contributed by atoms with Crippen LogP contribution < -0.4 is 0 Å². The van der Waals surface area contributed by atoms with Gasteiger partial charge in [0.15, 0.2) is 12.4 Å². The molecular formula is C32H42O13. The average molecular weight is 635 g/mol. The van der Waals surface area contributed by atoms with Crippen molar-refractivity contribution in [3.8, 4) is 0 Å². The van der Waals surface area contributed by atoms with Gasteiger partial charge >= 0.3 is 11.9 Å². The lowest BCUT2D eigenvalue weighted by molar-refractivity contribution is -0.328. The van der Waals surface area contributed by atoms with Crippen molar-refractivity contribution in [2.75, 3.05) is 6.61 Å². The van der Waals surface area contributed by atoms with Crippen LogP contribution in [-0.2, 0) is 33.3 Å². The molecule has 1 aromatic rings. The van der Waals surface area contributed by atoms with E-state index in [1.807, 2.05) is 6.92 Å². The summed E-state index contributed by atoms with van der Waals surface area (Å²) in [5.41, 5.74) is -5.57. The van der Waals surface area contributed by atoms with E-state index < -0.39 is 101 Å².